The number of halogens is 2. The van der Waals surface area contributed by atoms with Gasteiger partial charge in [-0.25, -0.2) is 4.39 Å². The van der Waals surface area contributed by atoms with Crippen molar-refractivity contribution in [2.45, 2.75) is 26.0 Å². The minimum Gasteiger partial charge on any atom is -0.479 e. The largest absolute Gasteiger partial charge is 0.479 e. The van der Waals surface area contributed by atoms with Crippen molar-refractivity contribution >= 4 is 17.5 Å². The van der Waals surface area contributed by atoms with Gasteiger partial charge in [-0.15, -0.1) is 0 Å². The third-order valence-electron chi connectivity index (χ3n) is 3.73. The third kappa shape index (κ3) is 4.14. The van der Waals surface area contributed by atoms with Crippen molar-refractivity contribution < 1.29 is 23.4 Å². The summed E-state index contributed by atoms with van der Waals surface area (Å²) in [5.41, 5.74) is 0.882. The van der Waals surface area contributed by atoms with E-state index in [0.29, 0.717) is 24.5 Å². The SMILES string of the molecule is CCC(Oc1ccc(F)cc1Cl)C(=O)NCc1ccc2c(c1)OCO2. The molecule has 0 saturated heterocycles. The van der Waals surface area contributed by atoms with Gasteiger partial charge in [-0.3, -0.25) is 4.79 Å². The predicted molar refractivity (Wildman–Crippen MR) is 90.5 cm³/mol. The molecule has 0 fully saturated rings. The standard InChI is InChI=1S/C18H17ClFNO4/c1-2-14(25-15-6-4-12(20)8-13(15)19)18(22)21-9-11-3-5-16-17(7-11)24-10-23-16/h3-8,14H,2,9-10H2,1H3,(H,21,22). The maximum Gasteiger partial charge on any atom is 0.261 e. The zero-order valence-corrected chi connectivity index (χ0v) is 14.3. The first-order valence-electron chi connectivity index (χ1n) is 7.84. The summed E-state index contributed by atoms with van der Waals surface area (Å²) in [4.78, 5) is 12.4. The van der Waals surface area contributed by atoms with Crippen LogP contribution >= 0.6 is 11.6 Å². The van der Waals surface area contributed by atoms with Gasteiger partial charge in [-0.1, -0.05) is 24.6 Å². The van der Waals surface area contributed by atoms with Crippen molar-refractivity contribution in [2.24, 2.45) is 0 Å². The normalized spacial score (nSPS) is 13.4. The molecule has 1 amide bonds. The monoisotopic (exact) mass is 365 g/mol. The van der Waals surface area contributed by atoms with Crippen molar-refractivity contribution in [2.75, 3.05) is 6.79 Å². The highest BCUT2D eigenvalue weighted by Crippen LogP contribution is 2.32. The van der Waals surface area contributed by atoms with Crippen LogP contribution in [-0.2, 0) is 11.3 Å². The van der Waals surface area contributed by atoms with Crippen LogP contribution in [0, 0.1) is 5.82 Å². The van der Waals surface area contributed by atoms with Gasteiger partial charge >= 0.3 is 0 Å². The molecule has 0 saturated carbocycles. The number of fused-ring (bicyclic) bond motifs is 1. The molecule has 7 heteroatoms. The van der Waals surface area contributed by atoms with Crippen LogP contribution in [0.3, 0.4) is 0 Å². The highest BCUT2D eigenvalue weighted by atomic mass is 35.5. The predicted octanol–water partition coefficient (Wildman–Crippen LogP) is 3.68. The van der Waals surface area contributed by atoms with E-state index in [1.807, 2.05) is 19.1 Å². The first-order valence-corrected chi connectivity index (χ1v) is 8.22. The second-order valence-electron chi connectivity index (χ2n) is 5.49. The van der Waals surface area contributed by atoms with Gasteiger partial charge in [0.1, 0.15) is 11.6 Å². The number of rotatable bonds is 6. The van der Waals surface area contributed by atoms with Gasteiger partial charge in [0.25, 0.3) is 5.91 Å². The number of amides is 1. The average molecular weight is 366 g/mol. The van der Waals surface area contributed by atoms with Crippen LogP contribution in [0.25, 0.3) is 0 Å². The number of carbonyl (C=O) groups excluding carboxylic acids is 1. The summed E-state index contributed by atoms with van der Waals surface area (Å²) in [5.74, 6) is 0.885. The van der Waals surface area contributed by atoms with Crippen molar-refractivity contribution in [3.63, 3.8) is 0 Å². The molecule has 0 aromatic heterocycles. The molecule has 0 aliphatic carbocycles. The smallest absolute Gasteiger partial charge is 0.261 e. The van der Waals surface area contributed by atoms with Crippen LogP contribution in [-0.4, -0.2) is 18.8 Å². The summed E-state index contributed by atoms with van der Waals surface area (Å²) in [6.45, 7) is 2.35. The Kier molecular flexibility index (Phi) is 5.28. The Bertz CT molecular complexity index is 784. The Hall–Kier alpha value is -2.47. The van der Waals surface area contributed by atoms with Crippen LogP contribution in [0.2, 0.25) is 5.02 Å². The molecular formula is C18H17ClFNO4. The van der Waals surface area contributed by atoms with E-state index in [1.165, 1.54) is 12.1 Å². The average Bonchev–Trinajstić information content (AvgIpc) is 3.07. The molecule has 1 aliphatic rings. The molecule has 5 nitrogen and oxygen atoms in total. The number of ether oxygens (including phenoxy) is 3. The Labute approximate surface area is 149 Å². The molecule has 1 aliphatic heterocycles. The molecule has 0 spiro atoms. The number of hydrogen-bond acceptors (Lipinski definition) is 4. The first kappa shape index (κ1) is 17.4. The second kappa shape index (κ2) is 7.61. The van der Waals surface area contributed by atoms with Gasteiger partial charge in [0.2, 0.25) is 6.79 Å². The van der Waals surface area contributed by atoms with Gasteiger partial charge in [0.15, 0.2) is 17.6 Å². The lowest BCUT2D eigenvalue weighted by atomic mass is 10.2. The zero-order valence-electron chi connectivity index (χ0n) is 13.6. The lowest BCUT2D eigenvalue weighted by Crippen LogP contribution is -2.37. The molecule has 0 bridgehead atoms. The van der Waals surface area contributed by atoms with E-state index in [1.54, 1.807) is 6.07 Å². The molecule has 0 radical (unpaired) electrons. The van der Waals surface area contributed by atoms with E-state index < -0.39 is 11.9 Å². The summed E-state index contributed by atoms with van der Waals surface area (Å²) < 4.78 is 29.3. The fourth-order valence-electron chi connectivity index (χ4n) is 2.40. The molecule has 132 valence electrons. The lowest BCUT2D eigenvalue weighted by molar-refractivity contribution is -0.128. The molecule has 3 rings (SSSR count). The third-order valence-corrected chi connectivity index (χ3v) is 4.03. The van der Waals surface area contributed by atoms with Crippen molar-refractivity contribution in [1.82, 2.24) is 5.32 Å². The quantitative estimate of drug-likeness (QED) is 0.848. The Balaban J connectivity index is 1.60. The van der Waals surface area contributed by atoms with Crippen molar-refractivity contribution in [3.05, 3.63) is 52.8 Å². The molecular weight excluding hydrogens is 349 g/mol. The number of nitrogens with one attached hydrogen (secondary N) is 1. The van der Waals surface area contributed by atoms with E-state index in [4.69, 9.17) is 25.8 Å². The van der Waals surface area contributed by atoms with Crippen LogP contribution in [0.5, 0.6) is 17.2 Å². The number of hydrogen-bond donors (Lipinski definition) is 1. The van der Waals surface area contributed by atoms with E-state index in [-0.39, 0.29) is 23.5 Å². The van der Waals surface area contributed by atoms with E-state index in [9.17, 15) is 9.18 Å². The Morgan fingerprint density at radius 3 is 2.84 bits per heavy atom. The van der Waals surface area contributed by atoms with Crippen LogP contribution in [0.15, 0.2) is 36.4 Å². The fraction of sp³-hybridized carbons (Fsp3) is 0.278. The summed E-state index contributed by atoms with van der Waals surface area (Å²) >= 11 is 5.94. The van der Waals surface area contributed by atoms with Crippen LogP contribution in [0.4, 0.5) is 4.39 Å². The number of carbonyl (C=O) groups is 1. The maximum atomic E-state index is 13.1. The van der Waals surface area contributed by atoms with E-state index in [0.717, 1.165) is 11.6 Å². The van der Waals surface area contributed by atoms with E-state index in [2.05, 4.69) is 5.32 Å². The molecule has 1 unspecified atom stereocenters. The summed E-state index contributed by atoms with van der Waals surface area (Å²) in [7, 11) is 0. The molecule has 1 atom stereocenters. The van der Waals surface area contributed by atoms with Gasteiger partial charge in [-0.2, -0.15) is 0 Å². The summed E-state index contributed by atoms with van der Waals surface area (Å²) in [6, 6.07) is 9.27. The fourth-order valence-corrected chi connectivity index (χ4v) is 2.61. The molecule has 1 heterocycles. The van der Waals surface area contributed by atoms with Crippen LogP contribution in [0.1, 0.15) is 18.9 Å². The first-order chi connectivity index (χ1) is 12.1. The molecule has 1 N–H and O–H groups in total. The lowest BCUT2D eigenvalue weighted by Gasteiger charge is -2.18. The Morgan fingerprint density at radius 2 is 2.08 bits per heavy atom. The molecule has 2 aromatic rings. The summed E-state index contributed by atoms with van der Waals surface area (Å²) in [5, 5.41) is 2.94. The molecule has 25 heavy (non-hydrogen) atoms. The zero-order chi connectivity index (χ0) is 17.8. The maximum absolute atomic E-state index is 13.1. The van der Waals surface area contributed by atoms with Gasteiger partial charge in [-0.05, 0) is 42.3 Å². The topological polar surface area (TPSA) is 56.8 Å². The molecule has 2 aromatic carbocycles. The van der Waals surface area contributed by atoms with Gasteiger partial charge < -0.3 is 19.5 Å². The van der Waals surface area contributed by atoms with Crippen molar-refractivity contribution in [3.8, 4) is 17.2 Å². The highest BCUT2D eigenvalue weighted by Gasteiger charge is 2.20. The minimum atomic E-state index is -0.725. The number of benzene rings is 2. The van der Waals surface area contributed by atoms with Gasteiger partial charge in [0.05, 0.1) is 5.02 Å². The summed E-state index contributed by atoms with van der Waals surface area (Å²) in [6.07, 6.45) is -0.280. The Morgan fingerprint density at radius 1 is 1.28 bits per heavy atom. The minimum absolute atomic E-state index is 0.127. The second-order valence-corrected chi connectivity index (χ2v) is 5.90. The highest BCUT2D eigenvalue weighted by molar-refractivity contribution is 6.32. The van der Waals surface area contributed by atoms with E-state index >= 15 is 0 Å². The van der Waals surface area contributed by atoms with Crippen molar-refractivity contribution in [1.29, 1.82) is 0 Å². The van der Waals surface area contributed by atoms with Gasteiger partial charge in [0, 0.05) is 6.54 Å². The van der Waals surface area contributed by atoms with Crippen LogP contribution < -0.4 is 19.5 Å².